The molecule has 7 nitrogen and oxygen atoms in total. The highest BCUT2D eigenvalue weighted by Gasteiger charge is 2.25. The molecule has 0 saturated heterocycles. The van der Waals surface area contributed by atoms with Crippen molar-refractivity contribution in [2.75, 3.05) is 11.6 Å². The van der Waals surface area contributed by atoms with Gasteiger partial charge in [0, 0.05) is 12.8 Å². The van der Waals surface area contributed by atoms with E-state index < -0.39 is 20.4 Å². The first-order valence-corrected chi connectivity index (χ1v) is 11.2. The van der Waals surface area contributed by atoms with Crippen LogP contribution >= 0.6 is 0 Å². The van der Waals surface area contributed by atoms with Crippen LogP contribution in [0.5, 0.6) is 5.75 Å². The first-order valence-electron chi connectivity index (χ1n) is 9.31. The average Bonchev–Trinajstić information content (AvgIpc) is 2.67. The molecule has 2 aromatic rings. The number of nitrogens with zero attached hydrogens (tertiary/aromatic N) is 1. The quantitative estimate of drug-likeness (QED) is 0.545. The lowest BCUT2D eigenvalue weighted by molar-refractivity contribution is -0.386. The van der Waals surface area contributed by atoms with Gasteiger partial charge in [0.05, 0.1) is 11.0 Å². The summed E-state index contributed by atoms with van der Waals surface area (Å²) in [6, 6.07) is 11.8. The number of benzene rings is 2. The van der Waals surface area contributed by atoms with E-state index in [0.717, 1.165) is 30.4 Å². The number of sulfone groups is 1. The number of nitro benzene ring substituents is 1. The maximum atomic E-state index is 11.8. The summed E-state index contributed by atoms with van der Waals surface area (Å²) in [5.74, 6) is 0.820. The van der Waals surface area contributed by atoms with Crippen LogP contribution in [0.2, 0.25) is 0 Å². The van der Waals surface area contributed by atoms with Crippen LogP contribution in [-0.4, -0.2) is 25.7 Å². The minimum atomic E-state index is -3.70. The number of hydrogen-bond donors (Lipinski definition) is 1. The maximum Gasteiger partial charge on any atom is 0.310 e. The fourth-order valence-electron chi connectivity index (χ4n) is 3.41. The molecule has 0 amide bonds. The van der Waals surface area contributed by atoms with Gasteiger partial charge in [-0.05, 0) is 55.5 Å². The molecule has 150 valence electrons. The number of rotatable bonds is 7. The Labute approximate surface area is 164 Å². The highest BCUT2D eigenvalue weighted by atomic mass is 32.2. The van der Waals surface area contributed by atoms with E-state index in [9.17, 15) is 18.5 Å². The molecule has 0 heterocycles. The van der Waals surface area contributed by atoms with Gasteiger partial charge < -0.3 is 10.1 Å². The van der Waals surface area contributed by atoms with E-state index in [-0.39, 0.29) is 16.7 Å². The van der Waals surface area contributed by atoms with Gasteiger partial charge in [0.1, 0.15) is 16.3 Å². The van der Waals surface area contributed by atoms with E-state index in [1.54, 1.807) is 0 Å². The average molecular weight is 404 g/mol. The molecule has 1 N–H and O–H groups in total. The number of ether oxygens (including phenoxy) is 1. The van der Waals surface area contributed by atoms with Gasteiger partial charge in [0.25, 0.3) is 0 Å². The SMILES string of the molecule is CS(=O)(=O)c1cccc(NCc2ccc(OC3CCCCC3)cc2)c1[N+](=O)[O-]. The Hall–Kier alpha value is -2.61. The predicted octanol–water partition coefficient (Wildman–Crippen LogP) is 4.32. The van der Waals surface area contributed by atoms with E-state index in [2.05, 4.69) is 5.32 Å². The zero-order chi connectivity index (χ0) is 20.1. The molecular formula is C20H24N2O5S. The fourth-order valence-corrected chi connectivity index (χ4v) is 4.27. The molecule has 8 heteroatoms. The first kappa shape index (κ1) is 20.1. The largest absolute Gasteiger partial charge is 0.490 e. The molecular weight excluding hydrogens is 380 g/mol. The molecule has 0 spiro atoms. The normalized spacial score (nSPS) is 15.2. The molecule has 0 bridgehead atoms. The van der Waals surface area contributed by atoms with Crippen molar-refractivity contribution in [2.24, 2.45) is 0 Å². The minimum absolute atomic E-state index is 0.176. The minimum Gasteiger partial charge on any atom is -0.490 e. The van der Waals surface area contributed by atoms with Crippen LogP contribution in [0, 0.1) is 10.1 Å². The van der Waals surface area contributed by atoms with Crippen molar-refractivity contribution < 1.29 is 18.1 Å². The van der Waals surface area contributed by atoms with E-state index in [1.807, 2.05) is 24.3 Å². The molecule has 0 unspecified atom stereocenters. The molecule has 2 aromatic carbocycles. The summed E-state index contributed by atoms with van der Waals surface area (Å²) in [4.78, 5) is 10.5. The van der Waals surface area contributed by atoms with Crippen LogP contribution in [0.1, 0.15) is 37.7 Å². The first-order chi connectivity index (χ1) is 13.3. The van der Waals surface area contributed by atoms with Crippen LogP contribution in [0.4, 0.5) is 11.4 Å². The van der Waals surface area contributed by atoms with Gasteiger partial charge in [0.2, 0.25) is 0 Å². The van der Waals surface area contributed by atoms with Crippen molar-refractivity contribution in [3.8, 4) is 5.75 Å². The molecule has 3 rings (SSSR count). The molecule has 0 atom stereocenters. The molecule has 1 fully saturated rings. The number of hydrogen-bond acceptors (Lipinski definition) is 6. The van der Waals surface area contributed by atoms with Gasteiger partial charge in [-0.25, -0.2) is 8.42 Å². The second kappa shape index (κ2) is 8.60. The Kier molecular flexibility index (Phi) is 6.18. The molecule has 0 aliphatic heterocycles. The van der Waals surface area contributed by atoms with Crippen molar-refractivity contribution in [1.82, 2.24) is 0 Å². The number of anilines is 1. The topological polar surface area (TPSA) is 98.5 Å². The Balaban J connectivity index is 1.69. The van der Waals surface area contributed by atoms with Crippen LogP contribution in [-0.2, 0) is 16.4 Å². The van der Waals surface area contributed by atoms with Crippen molar-refractivity contribution >= 4 is 21.2 Å². The highest BCUT2D eigenvalue weighted by molar-refractivity contribution is 7.90. The van der Waals surface area contributed by atoms with E-state index in [4.69, 9.17) is 4.74 Å². The van der Waals surface area contributed by atoms with Gasteiger partial charge in [-0.15, -0.1) is 0 Å². The summed E-state index contributed by atoms with van der Waals surface area (Å²) < 4.78 is 29.7. The van der Waals surface area contributed by atoms with Crippen molar-refractivity contribution in [3.63, 3.8) is 0 Å². The Bertz CT molecular complexity index is 936. The summed E-state index contributed by atoms with van der Waals surface area (Å²) in [5, 5.41) is 14.4. The molecule has 0 radical (unpaired) electrons. The third-order valence-electron chi connectivity index (χ3n) is 4.84. The molecule has 1 aliphatic carbocycles. The second-order valence-corrected chi connectivity index (χ2v) is 9.04. The summed E-state index contributed by atoms with van der Waals surface area (Å²) in [5.41, 5.74) is 0.660. The van der Waals surface area contributed by atoms with Crippen LogP contribution in [0.15, 0.2) is 47.4 Å². The molecule has 1 saturated carbocycles. The summed E-state index contributed by atoms with van der Waals surface area (Å²) in [7, 11) is -3.70. The van der Waals surface area contributed by atoms with Crippen molar-refractivity contribution in [3.05, 3.63) is 58.1 Å². The van der Waals surface area contributed by atoms with Gasteiger partial charge in [-0.3, -0.25) is 10.1 Å². The number of nitro groups is 1. The molecule has 28 heavy (non-hydrogen) atoms. The smallest absolute Gasteiger partial charge is 0.310 e. The summed E-state index contributed by atoms with van der Waals surface area (Å²) in [6.07, 6.45) is 7.10. The third kappa shape index (κ3) is 5.01. The van der Waals surface area contributed by atoms with Crippen LogP contribution < -0.4 is 10.1 Å². The van der Waals surface area contributed by atoms with Crippen LogP contribution in [0.3, 0.4) is 0 Å². The maximum absolute atomic E-state index is 11.8. The molecule has 0 aromatic heterocycles. The second-order valence-electron chi connectivity index (χ2n) is 7.06. The Morgan fingerprint density at radius 2 is 1.79 bits per heavy atom. The monoisotopic (exact) mass is 404 g/mol. The number of nitrogens with one attached hydrogen (secondary N) is 1. The standard InChI is InChI=1S/C20H24N2O5S/c1-28(25,26)19-9-5-8-18(20(19)22(23)24)21-14-15-10-12-17(13-11-15)27-16-6-3-2-4-7-16/h5,8-13,16,21H,2-4,6-7,14H2,1H3. The lowest BCUT2D eigenvalue weighted by Gasteiger charge is -2.23. The van der Waals surface area contributed by atoms with Crippen molar-refractivity contribution in [1.29, 1.82) is 0 Å². The lowest BCUT2D eigenvalue weighted by atomic mass is 9.98. The van der Waals surface area contributed by atoms with E-state index in [0.29, 0.717) is 6.54 Å². The van der Waals surface area contributed by atoms with E-state index in [1.165, 1.54) is 37.5 Å². The van der Waals surface area contributed by atoms with Crippen LogP contribution in [0.25, 0.3) is 0 Å². The van der Waals surface area contributed by atoms with Gasteiger partial charge in [0.15, 0.2) is 9.84 Å². The molecule has 1 aliphatic rings. The predicted molar refractivity (Wildman–Crippen MR) is 107 cm³/mol. The zero-order valence-electron chi connectivity index (χ0n) is 15.8. The fraction of sp³-hybridized carbons (Fsp3) is 0.400. The Morgan fingerprint density at radius 1 is 1.11 bits per heavy atom. The zero-order valence-corrected chi connectivity index (χ0v) is 16.6. The van der Waals surface area contributed by atoms with Crippen molar-refractivity contribution in [2.45, 2.75) is 49.6 Å². The van der Waals surface area contributed by atoms with Gasteiger partial charge >= 0.3 is 5.69 Å². The summed E-state index contributed by atoms with van der Waals surface area (Å²) >= 11 is 0. The Morgan fingerprint density at radius 3 is 2.39 bits per heavy atom. The third-order valence-corrected chi connectivity index (χ3v) is 5.97. The number of para-hydroxylation sites is 1. The summed E-state index contributed by atoms with van der Waals surface area (Å²) in [6.45, 7) is 0.331. The highest BCUT2D eigenvalue weighted by Crippen LogP contribution is 2.32. The van der Waals surface area contributed by atoms with Gasteiger partial charge in [-0.1, -0.05) is 24.6 Å². The van der Waals surface area contributed by atoms with Gasteiger partial charge in [-0.2, -0.15) is 0 Å². The van der Waals surface area contributed by atoms with E-state index >= 15 is 0 Å². The lowest BCUT2D eigenvalue weighted by Crippen LogP contribution is -2.19.